The van der Waals surface area contributed by atoms with E-state index in [2.05, 4.69) is 4.99 Å². The fourth-order valence-corrected chi connectivity index (χ4v) is 3.93. The van der Waals surface area contributed by atoms with E-state index in [9.17, 15) is 13.2 Å². The van der Waals surface area contributed by atoms with Crippen LogP contribution in [0.25, 0.3) is 0 Å². The number of thioether (sulfide) groups is 1. The van der Waals surface area contributed by atoms with Crippen LogP contribution in [0.3, 0.4) is 0 Å². The van der Waals surface area contributed by atoms with Gasteiger partial charge in [-0.2, -0.15) is 0 Å². The van der Waals surface area contributed by atoms with Crippen LogP contribution in [-0.2, 0) is 10.3 Å². The quantitative estimate of drug-likeness (QED) is 0.911. The van der Waals surface area contributed by atoms with Gasteiger partial charge in [0.1, 0.15) is 12.2 Å². The minimum absolute atomic E-state index is 0.00782. The fourth-order valence-electron chi connectivity index (χ4n) is 2.86. The van der Waals surface area contributed by atoms with Crippen molar-refractivity contribution in [2.24, 2.45) is 16.6 Å². The molecule has 0 spiro atoms. The molecule has 1 fully saturated rings. The van der Waals surface area contributed by atoms with Crippen molar-refractivity contribution in [1.29, 1.82) is 0 Å². The summed E-state index contributed by atoms with van der Waals surface area (Å²) in [4.78, 5) is 4.31. The maximum Gasteiger partial charge on any atom is 0.164 e. The van der Waals surface area contributed by atoms with Gasteiger partial charge in [0.15, 0.2) is 16.8 Å². The summed E-state index contributed by atoms with van der Waals surface area (Å²) < 4.78 is 46.1. The molecule has 1 saturated heterocycles. The summed E-state index contributed by atoms with van der Waals surface area (Å²) in [7, 11) is 0. The molecule has 0 bridgehead atoms. The number of ether oxygens (including phenoxy) is 1. The van der Waals surface area contributed by atoms with Gasteiger partial charge in [0.05, 0.1) is 12.7 Å². The number of amidine groups is 1. The first-order chi connectivity index (χ1) is 9.58. The summed E-state index contributed by atoms with van der Waals surface area (Å²) in [6.07, 6.45) is -0.665. The van der Waals surface area contributed by atoms with Gasteiger partial charge in [0.2, 0.25) is 0 Å². The maximum absolute atomic E-state index is 14.1. The van der Waals surface area contributed by atoms with Gasteiger partial charge in [-0.1, -0.05) is 23.9 Å². The summed E-state index contributed by atoms with van der Waals surface area (Å²) in [6, 6.07) is 3.91. The minimum Gasteiger partial charge on any atom is -0.379 e. The SMILES string of the molecule is NC1=NC2(c3cccc(F)c3F)CO[C@H](CF)[C@H]2CS1. The molecule has 2 heterocycles. The molecule has 0 saturated carbocycles. The van der Waals surface area contributed by atoms with Crippen LogP contribution in [0, 0.1) is 17.6 Å². The van der Waals surface area contributed by atoms with E-state index in [0.717, 1.165) is 6.07 Å². The second-order valence-corrected chi connectivity index (χ2v) is 5.94. The molecule has 2 aliphatic heterocycles. The highest BCUT2D eigenvalue weighted by molar-refractivity contribution is 8.13. The number of hydrogen-bond donors (Lipinski definition) is 1. The van der Waals surface area contributed by atoms with Gasteiger partial charge in [-0.25, -0.2) is 18.2 Å². The number of alkyl halides is 1. The van der Waals surface area contributed by atoms with E-state index >= 15 is 0 Å². The van der Waals surface area contributed by atoms with E-state index in [-0.39, 0.29) is 23.3 Å². The first-order valence-corrected chi connectivity index (χ1v) is 7.17. The van der Waals surface area contributed by atoms with E-state index in [1.807, 2.05) is 0 Å². The van der Waals surface area contributed by atoms with Crippen molar-refractivity contribution in [3.8, 4) is 0 Å². The Morgan fingerprint density at radius 3 is 3.00 bits per heavy atom. The summed E-state index contributed by atoms with van der Waals surface area (Å²) in [6.45, 7) is -0.673. The summed E-state index contributed by atoms with van der Waals surface area (Å²) >= 11 is 1.28. The van der Waals surface area contributed by atoms with Gasteiger partial charge in [-0.3, -0.25) is 0 Å². The van der Waals surface area contributed by atoms with E-state index in [0.29, 0.717) is 5.75 Å². The van der Waals surface area contributed by atoms with E-state index in [1.165, 1.54) is 23.9 Å². The standard InChI is InChI=1S/C13H13F3N2OS/c14-4-10-8-5-20-12(17)18-13(8,6-19-10)7-2-1-3-9(15)11(7)16/h1-3,8,10H,4-6H2,(H2,17,18)/t8-,10-,13?/m1/s1. The van der Waals surface area contributed by atoms with Crippen LogP contribution in [0.1, 0.15) is 5.56 Å². The number of hydrogen-bond acceptors (Lipinski definition) is 4. The first kappa shape index (κ1) is 13.8. The van der Waals surface area contributed by atoms with Crippen molar-refractivity contribution < 1.29 is 17.9 Å². The third kappa shape index (κ3) is 1.91. The molecule has 3 nitrogen and oxygen atoms in total. The Morgan fingerprint density at radius 2 is 2.25 bits per heavy atom. The van der Waals surface area contributed by atoms with Crippen LogP contribution in [-0.4, -0.2) is 30.3 Å². The van der Waals surface area contributed by atoms with Gasteiger partial charge >= 0.3 is 0 Å². The topological polar surface area (TPSA) is 47.6 Å². The average molecular weight is 302 g/mol. The number of benzene rings is 1. The average Bonchev–Trinajstić information content (AvgIpc) is 2.80. The van der Waals surface area contributed by atoms with Gasteiger partial charge in [0, 0.05) is 17.2 Å². The largest absolute Gasteiger partial charge is 0.379 e. The number of halogens is 3. The van der Waals surface area contributed by atoms with Gasteiger partial charge in [-0.05, 0) is 6.07 Å². The molecule has 20 heavy (non-hydrogen) atoms. The third-order valence-electron chi connectivity index (χ3n) is 3.87. The van der Waals surface area contributed by atoms with Crippen molar-refractivity contribution in [1.82, 2.24) is 0 Å². The molecule has 3 rings (SSSR count). The Bertz CT molecular complexity index is 569. The zero-order valence-electron chi connectivity index (χ0n) is 10.5. The highest BCUT2D eigenvalue weighted by atomic mass is 32.2. The molecule has 0 radical (unpaired) electrons. The number of fused-ring (bicyclic) bond motifs is 1. The van der Waals surface area contributed by atoms with Crippen molar-refractivity contribution >= 4 is 16.9 Å². The van der Waals surface area contributed by atoms with Crippen molar-refractivity contribution in [3.63, 3.8) is 0 Å². The Labute approximate surface area is 118 Å². The summed E-state index contributed by atoms with van der Waals surface area (Å²) in [5, 5.41) is 0.285. The van der Waals surface area contributed by atoms with E-state index in [4.69, 9.17) is 10.5 Å². The molecule has 0 amide bonds. The van der Waals surface area contributed by atoms with Gasteiger partial charge < -0.3 is 10.5 Å². The molecular weight excluding hydrogens is 289 g/mol. The monoisotopic (exact) mass is 302 g/mol. The molecule has 1 aromatic carbocycles. The normalized spacial score (nSPS) is 32.9. The Balaban J connectivity index is 2.16. The van der Waals surface area contributed by atoms with Crippen molar-refractivity contribution in [2.75, 3.05) is 19.0 Å². The summed E-state index contributed by atoms with van der Waals surface area (Å²) in [5.41, 5.74) is 4.69. The van der Waals surface area contributed by atoms with Crippen molar-refractivity contribution in [3.05, 3.63) is 35.4 Å². The molecule has 1 aromatic rings. The van der Waals surface area contributed by atoms with Crippen molar-refractivity contribution in [2.45, 2.75) is 11.6 Å². The molecule has 7 heteroatoms. The van der Waals surface area contributed by atoms with Gasteiger partial charge in [0.25, 0.3) is 0 Å². The zero-order valence-corrected chi connectivity index (χ0v) is 11.3. The molecule has 108 valence electrons. The second-order valence-electron chi connectivity index (χ2n) is 4.90. The molecule has 2 N–H and O–H groups in total. The van der Waals surface area contributed by atoms with Crippen LogP contribution < -0.4 is 5.73 Å². The van der Waals surface area contributed by atoms with Crippen LogP contribution in [0.15, 0.2) is 23.2 Å². The zero-order chi connectivity index (χ0) is 14.3. The third-order valence-corrected chi connectivity index (χ3v) is 4.78. The van der Waals surface area contributed by atoms with Crippen LogP contribution in [0.2, 0.25) is 0 Å². The van der Waals surface area contributed by atoms with Crippen LogP contribution in [0.5, 0.6) is 0 Å². The number of nitrogens with zero attached hydrogens (tertiary/aromatic N) is 1. The van der Waals surface area contributed by atoms with E-state index < -0.39 is 30.0 Å². The highest BCUT2D eigenvalue weighted by Gasteiger charge is 2.54. The van der Waals surface area contributed by atoms with E-state index in [1.54, 1.807) is 0 Å². The molecular formula is C13H13F3N2OS. The van der Waals surface area contributed by atoms with Crippen LogP contribution >= 0.6 is 11.8 Å². The molecule has 0 aliphatic carbocycles. The summed E-state index contributed by atoms with van der Waals surface area (Å²) in [5.74, 6) is -1.81. The molecule has 1 unspecified atom stereocenters. The molecule has 3 atom stereocenters. The van der Waals surface area contributed by atoms with Gasteiger partial charge in [-0.15, -0.1) is 0 Å². The fraction of sp³-hybridized carbons (Fsp3) is 0.462. The smallest absolute Gasteiger partial charge is 0.164 e. The lowest BCUT2D eigenvalue weighted by molar-refractivity contribution is 0.0721. The number of nitrogens with two attached hydrogens (primary N) is 1. The molecule has 0 aromatic heterocycles. The Hall–Kier alpha value is -1.21. The lowest BCUT2D eigenvalue weighted by atomic mass is 9.79. The Morgan fingerprint density at radius 1 is 1.45 bits per heavy atom. The molecule has 2 aliphatic rings. The number of aliphatic imine (C=N–C) groups is 1. The highest BCUT2D eigenvalue weighted by Crippen LogP contribution is 2.48. The number of rotatable bonds is 2. The second kappa shape index (κ2) is 4.96. The predicted octanol–water partition coefficient (Wildman–Crippen LogP) is 2.21. The lowest BCUT2D eigenvalue weighted by Gasteiger charge is -2.35. The van der Waals surface area contributed by atoms with Crippen LogP contribution in [0.4, 0.5) is 13.2 Å². The first-order valence-electron chi connectivity index (χ1n) is 6.18. The Kier molecular flexibility index (Phi) is 3.41. The lowest BCUT2D eigenvalue weighted by Crippen LogP contribution is -2.42. The maximum atomic E-state index is 14.1. The minimum atomic E-state index is -1.13. The predicted molar refractivity (Wildman–Crippen MR) is 71.3 cm³/mol.